The molecule has 1 aliphatic rings. The van der Waals surface area contributed by atoms with Crippen LogP contribution in [0.2, 0.25) is 0 Å². The first kappa shape index (κ1) is 24.9. The van der Waals surface area contributed by atoms with E-state index in [1.54, 1.807) is 7.11 Å². The molecule has 1 amide bonds. The summed E-state index contributed by atoms with van der Waals surface area (Å²) in [6.07, 6.45) is 0.836. The third-order valence-corrected chi connectivity index (χ3v) is 6.82. The Morgan fingerprint density at radius 2 is 1.80 bits per heavy atom. The summed E-state index contributed by atoms with van der Waals surface area (Å²) in [4.78, 5) is 28.8. The zero-order valence-corrected chi connectivity index (χ0v) is 20.9. The molecule has 4 rings (SSSR count). The summed E-state index contributed by atoms with van der Waals surface area (Å²) in [6, 6.07) is 15.0. The van der Waals surface area contributed by atoms with Crippen LogP contribution in [0.25, 0.3) is 10.9 Å². The molecule has 1 N–H and O–H groups in total. The predicted octanol–water partition coefficient (Wildman–Crippen LogP) is 3.61. The summed E-state index contributed by atoms with van der Waals surface area (Å²) in [5.41, 5.74) is 3.40. The fraction of sp³-hybridized carbons (Fsp3) is 0.429. The number of nitrogens with zero attached hydrogens (tertiary/aromatic N) is 2. The van der Waals surface area contributed by atoms with Crippen molar-refractivity contribution in [1.82, 2.24) is 14.8 Å². The Bertz CT molecular complexity index is 1170. The number of para-hydroxylation sites is 1. The van der Waals surface area contributed by atoms with Crippen LogP contribution >= 0.6 is 0 Å². The number of benzene rings is 2. The number of amides is 1. The summed E-state index contributed by atoms with van der Waals surface area (Å²) in [5.74, 6) is 0.527. The summed E-state index contributed by atoms with van der Waals surface area (Å²) >= 11 is 0. The van der Waals surface area contributed by atoms with E-state index in [2.05, 4.69) is 14.8 Å². The highest BCUT2D eigenvalue weighted by Gasteiger charge is 2.26. The van der Waals surface area contributed by atoms with Crippen molar-refractivity contribution in [2.45, 2.75) is 39.3 Å². The number of ketones is 1. The van der Waals surface area contributed by atoms with Gasteiger partial charge in [0, 0.05) is 43.7 Å². The lowest BCUT2D eigenvalue weighted by molar-refractivity contribution is -0.120. The van der Waals surface area contributed by atoms with Crippen LogP contribution in [0.3, 0.4) is 0 Å². The molecule has 0 radical (unpaired) electrons. The van der Waals surface area contributed by atoms with E-state index in [0.717, 1.165) is 67.3 Å². The van der Waals surface area contributed by atoms with Crippen LogP contribution in [0.5, 0.6) is 5.75 Å². The highest BCUT2D eigenvalue weighted by Crippen LogP contribution is 2.33. The Kier molecular flexibility index (Phi) is 8.21. The number of ether oxygens (including phenoxy) is 2. The number of morpholine rings is 1. The Morgan fingerprint density at radius 3 is 2.49 bits per heavy atom. The molecule has 1 aliphatic heterocycles. The van der Waals surface area contributed by atoms with Crippen molar-refractivity contribution in [3.05, 3.63) is 65.4 Å². The number of hydrogen-bond acceptors (Lipinski definition) is 5. The maximum Gasteiger partial charge on any atom is 0.254 e. The van der Waals surface area contributed by atoms with Gasteiger partial charge in [-0.25, -0.2) is 0 Å². The van der Waals surface area contributed by atoms with Gasteiger partial charge in [0.05, 0.1) is 37.4 Å². The maximum absolute atomic E-state index is 13.7. The van der Waals surface area contributed by atoms with Crippen molar-refractivity contribution in [1.29, 1.82) is 0 Å². The van der Waals surface area contributed by atoms with Gasteiger partial charge in [0.2, 0.25) is 0 Å². The van der Waals surface area contributed by atoms with E-state index in [9.17, 15) is 9.59 Å². The molecule has 35 heavy (non-hydrogen) atoms. The molecule has 186 valence electrons. The second kappa shape index (κ2) is 11.5. The molecular formula is C28H35N3O4. The molecule has 0 bridgehead atoms. The Hall–Kier alpha value is -3.16. The molecule has 0 saturated carbocycles. The maximum atomic E-state index is 13.7. The minimum absolute atomic E-state index is 0.0218. The number of fused-ring (bicyclic) bond motifs is 1. The van der Waals surface area contributed by atoms with Gasteiger partial charge in [-0.1, -0.05) is 49.4 Å². The zero-order valence-electron chi connectivity index (χ0n) is 20.9. The first-order valence-corrected chi connectivity index (χ1v) is 12.4. The third kappa shape index (κ3) is 5.57. The van der Waals surface area contributed by atoms with Gasteiger partial charge in [-0.3, -0.25) is 14.5 Å². The van der Waals surface area contributed by atoms with E-state index in [1.165, 1.54) is 0 Å². The van der Waals surface area contributed by atoms with Crippen molar-refractivity contribution in [3.8, 4) is 5.75 Å². The first-order valence-electron chi connectivity index (χ1n) is 12.4. The molecule has 0 aliphatic carbocycles. The molecular weight excluding hydrogens is 442 g/mol. The molecule has 2 heterocycles. The molecule has 0 spiro atoms. The number of methoxy groups -OCH3 is 1. The fourth-order valence-corrected chi connectivity index (χ4v) is 4.87. The first-order chi connectivity index (χ1) is 17.0. The van der Waals surface area contributed by atoms with Crippen molar-refractivity contribution >= 4 is 22.6 Å². The molecule has 0 unspecified atom stereocenters. The zero-order chi connectivity index (χ0) is 24.8. The Labute approximate surface area is 207 Å². The number of hydrogen-bond donors (Lipinski definition) is 1. The highest BCUT2D eigenvalue weighted by molar-refractivity contribution is 6.10. The second-order valence-electron chi connectivity index (χ2n) is 8.96. The van der Waals surface area contributed by atoms with Gasteiger partial charge in [0.15, 0.2) is 5.78 Å². The topological polar surface area (TPSA) is 72.8 Å². The van der Waals surface area contributed by atoms with Crippen LogP contribution in [0.4, 0.5) is 0 Å². The summed E-state index contributed by atoms with van der Waals surface area (Å²) in [6.45, 7) is 8.70. The fourth-order valence-electron chi connectivity index (χ4n) is 4.87. The lowest BCUT2D eigenvalue weighted by Gasteiger charge is -2.27. The van der Waals surface area contributed by atoms with Gasteiger partial charge >= 0.3 is 0 Å². The number of carbonyl (C=O) groups is 2. The summed E-state index contributed by atoms with van der Waals surface area (Å²) in [5, 5.41) is 3.89. The predicted molar refractivity (Wildman–Crippen MR) is 137 cm³/mol. The van der Waals surface area contributed by atoms with Crippen molar-refractivity contribution < 1.29 is 19.1 Å². The smallest absolute Gasteiger partial charge is 0.254 e. The van der Waals surface area contributed by atoms with E-state index in [0.29, 0.717) is 18.4 Å². The lowest BCUT2D eigenvalue weighted by Crippen LogP contribution is -2.42. The van der Waals surface area contributed by atoms with E-state index >= 15 is 0 Å². The number of aromatic nitrogens is 1. The van der Waals surface area contributed by atoms with Gasteiger partial charge in [-0.15, -0.1) is 0 Å². The van der Waals surface area contributed by atoms with E-state index in [4.69, 9.17) is 9.47 Å². The van der Waals surface area contributed by atoms with Crippen LogP contribution in [0.1, 0.15) is 35.0 Å². The van der Waals surface area contributed by atoms with Gasteiger partial charge in [0.1, 0.15) is 5.75 Å². The van der Waals surface area contributed by atoms with E-state index in [-0.39, 0.29) is 11.7 Å². The van der Waals surface area contributed by atoms with Crippen LogP contribution in [0.15, 0.2) is 48.5 Å². The number of nitrogens with one attached hydrogen (secondary N) is 1. The molecule has 1 atom stereocenters. The van der Waals surface area contributed by atoms with Gasteiger partial charge in [-0.05, 0) is 25.0 Å². The molecule has 2 aromatic carbocycles. The molecule has 1 saturated heterocycles. The van der Waals surface area contributed by atoms with Gasteiger partial charge < -0.3 is 19.4 Å². The van der Waals surface area contributed by atoms with Crippen molar-refractivity contribution in [3.63, 3.8) is 0 Å². The SMILES string of the molecule is CCC(=O)[C@H](Cc1ccccc1)NC(=O)c1c(C)n(CCN2CCOCC2)c2c(OC)cccc12. The van der Waals surface area contributed by atoms with Crippen molar-refractivity contribution in [2.24, 2.45) is 0 Å². The molecule has 1 fully saturated rings. The van der Waals surface area contributed by atoms with Crippen LogP contribution < -0.4 is 10.1 Å². The molecule has 7 nitrogen and oxygen atoms in total. The lowest BCUT2D eigenvalue weighted by atomic mass is 10.00. The minimum Gasteiger partial charge on any atom is -0.495 e. The summed E-state index contributed by atoms with van der Waals surface area (Å²) in [7, 11) is 1.65. The summed E-state index contributed by atoms with van der Waals surface area (Å²) < 4.78 is 13.3. The molecule has 3 aromatic rings. The van der Waals surface area contributed by atoms with Crippen LogP contribution in [-0.4, -0.2) is 67.2 Å². The molecule has 1 aromatic heterocycles. The average molecular weight is 478 g/mol. The van der Waals surface area contributed by atoms with Gasteiger partial charge in [0.25, 0.3) is 5.91 Å². The van der Waals surface area contributed by atoms with Crippen LogP contribution in [-0.2, 0) is 22.5 Å². The quantitative estimate of drug-likeness (QED) is 0.483. The number of rotatable bonds is 10. The van der Waals surface area contributed by atoms with E-state index < -0.39 is 6.04 Å². The van der Waals surface area contributed by atoms with Crippen LogP contribution in [0, 0.1) is 6.92 Å². The van der Waals surface area contributed by atoms with Gasteiger partial charge in [-0.2, -0.15) is 0 Å². The number of carbonyl (C=O) groups excluding carboxylic acids is 2. The minimum atomic E-state index is -0.577. The number of Topliss-reactive ketones (excluding diaryl/α,β-unsaturated/α-hetero) is 1. The largest absolute Gasteiger partial charge is 0.495 e. The average Bonchev–Trinajstić information content (AvgIpc) is 3.18. The van der Waals surface area contributed by atoms with Crippen molar-refractivity contribution in [2.75, 3.05) is 40.0 Å². The normalized spacial score (nSPS) is 15.2. The van der Waals surface area contributed by atoms with E-state index in [1.807, 2.05) is 62.4 Å². The Morgan fingerprint density at radius 1 is 1.06 bits per heavy atom. The Balaban J connectivity index is 1.65. The standard InChI is InChI=1S/C28H35N3O4/c1-4-24(32)23(19-21-9-6-5-7-10-21)29-28(33)26-20(2)31(14-13-30-15-17-35-18-16-30)27-22(26)11-8-12-25(27)34-3/h5-12,23H,4,13-19H2,1-3H3,(H,29,33)/t23-/m0/s1. The molecule has 7 heteroatoms. The highest BCUT2D eigenvalue weighted by atomic mass is 16.5. The monoisotopic (exact) mass is 477 g/mol. The third-order valence-electron chi connectivity index (χ3n) is 6.82. The second-order valence-corrected chi connectivity index (χ2v) is 8.96.